The Kier molecular flexibility index (Phi) is 10.4. The van der Waals surface area contributed by atoms with Crippen LogP contribution in [0.25, 0.3) is 0 Å². The van der Waals surface area contributed by atoms with E-state index in [0.717, 1.165) is 25.7 Å². The highest BCUT2D eigenvalue weighted by atomic mass is 16.6. The number of nitrogens with one attached hydrogen (secondary N) is 1. The van der Waals surface area contributed by atoms with Crippen molar-refractivity contribution in [2.24, 2.45) is 11.8 Å². The second-order valence-electron chi connectivity index (χ2n) is 15.5. The summed E-state index contributed by atoms with van der Waals surface area (Å²) in [4.78, 5) is 60.1. The molecule has 48 heavy (non-hydrogen) atoms. The maximum absolute atomic E-state index is 14.6. The van der Waals surface area contributed by atoms with Crippen LogP contribution >= 0.6 is 0 Å². The Labute approximate surface area is 284 Å². The molecule has 4 amide bonds. The van der Waals surface area contributed by atoms with Crippen molar-refractivity contribution in [3.05, 3.63) is 18.2 Å². The van der Waals surface area contributed by atoms with Gasteiger partial charge in [-0.15, -0.1) is 0 Å². The number of benzene rings is 1. The summed E-state index contributed by atoms with van der Waals surface area (Å²) in [7, 11) is 0. The number of fused-ring (bicyclic) bond motifs is 1. The number of ether oxygens (including phenoxy) is 4. The van der Waals surface area contributed by atoms with Gasteiger partial charge in [-0.05, 0) is 106 Å². The van der Waals surface area contributed by atoms with Crippen LogP contribution in [-0.2, 0) is 28.6 Å². The standard InChI is InChI=1S/C36H54N4O8/c1-9-45-17-16-39-28-19-27(12-13-29(28)47-35(7,8)32(39)43)40(26-10-11-26)31(42)25-18-24(20-38(21-25)33(44)48-34(4,5)6)30(41)37-36(14-15-36)22-46-23(2)3/h12-13,19,23-26H,9-11,14-18,20-22H2,1-8H3,(H,37,41)/t24-,25+/m0/s1. The first-order valence-electron chi connectivity index (χ1n) is 17.5. The summed E-state index contributed by atoms with van der Waals surface area (Å²) in [5.41, 5.74) is -0.944. The molecule has 2 saturated carbocycles. The predicted octanol–water partition coefficient (Wildman–Crippen LogP) is 4.67. The number of carbonyl (C=O) groups excluding carboxylic acids is 4. The summed E-state index contributed by atoms with van der Waals surface area (Å²) < 4.78 is 23.2. The molecule has 266 valence electrons. The SMILES string of the molecule is CCOCCN1C(=O)C(C)(C)Oc2ccc(N(C(=O)[C@@H]3C[C@H](C(=O)NC4(COC(C)C)CC4)CN(C(=O)OC(C)(C)C)C3)C3CC3)cc21. The fourth-order valence-electron chi connectivity index (χ4n) is 6.36. The molecule has 1 aromatic rings. The average Bonchev–Trinajstić information content (AvgIpc) is 3.95. The summed E-state index contributed by atoms with van der Waals surface area (Å²) in [6.45, 7) is 16.7. The Balaban J connectivity index is 1.41. The highest BCUT2D eigenvalue weighted by Gasteiger charge is 2.49. The fourth-order valence-corrected chi connectivity index (χ4v) is 6.36. The molecule has 1 N–H and O–H groups in total. The highest BCUT2D eigenvalue weighted by molar-refractivity contribution is 6.04. The number of likely N-dealkylation sites (tertiary alicyclic amines) is 1. The second-order valence-corrected chi connectivity index (χ2v) is 15.5. The summed E-state index contributed by atoms with van der Waals surface area (Å²) in [6.07, 6.45) is 3.13. The molecule has 2 aliphatic heterocycles. The van der Waals surface area contributed by atoms with Gasteiger partial charge in [0.1, 0.15) is 11.4 Å². The third kappa shape index (κ3) is 8.42. The van der Waals surface area contributed by atoms with Gasteiger partial charge in [-0.2, -0.15) is 0 Å². The lowest BCUT2D eigenvalue weighted by Gasteiger charge is -2.40. The van der Waals surface area contributed by atoms with Gasteiger partial charge in [0.05, 0.1) is 42.4 Å². The van der Waals surface area contributed by atoms with Crippen LogP contribution in [0.4, 0.5) is 16.2 Å². The highest BCUT2D eigenvalue weighted by Crippen LogP contribution is 2.43. The van der Waals surface area contributed by atoms with E-state index in [-0.39, 0.29) is 43.0 Å². The van der Waals surface area contributed by atoms with E-state index in [4.69, 9.17) is 18.9 Å². The molecule has 5 rings (SSSR count). The van der Waals surface area contributed by atoms with Crippen LogP contribution < -0.4 is 19.9 Å². The number of piperidine rings is 1. The molecule has 0 spiro atoms. The van der Waals surface area contributed by atoms with Gasteiger partial charge in [0.2, 0.25) is 11.8 Å². The number of hydrogen-bond acceptors (Lipinski definition) is 8. The number of nitrogens with zero attached hydrogens (tertiary/aromatic N) is 3. The first kappa shape index (κ1) is 35.9. The van der Waals surface area contributed by atoms with Crippen LogP contribution in [0.1, 0.15) is 87.5 Å². The van der Waals surface area contributed by atoms with Crippen molar-refractivity contribution in [1.29, 1.82) is 0 Å². The lowest BCUT2D eigenvalue weighted by molar-refractivity contribution is -0.133. The van der Waals surface area contributed by atoms with Gasteiger partial charge < -0.3 is 39.0 Å². The molecular weight excluding hydrogens is 616 g/mol. The Morgan fingerprint density at radius 1 is 1.10 bits per heavy atom. The van der Waals surface area contributed by atoms with Gasteiger partial charge in [0, 0.05) is 38.0 Å². The van der Waals surface area contributed by atoms with E-state index >= 15 is 0 Å². The van der Waals surface area contributed by atoms with Crippen molar-refractivity contribution in [3.63, 3.8) is 0 Å². The summed E-state index contributed by atoms with van der Waals surface area (Å²) >= 11 is 0. The molecule has 0 unspecified atom stereocenters. The minimum Gasteiger partial charge on any atom is -0.476 e. The molecule has 3 fully saturated rings. The lowest BCUT2D eigenvalue weighted by Crippen LogP contribution is -2.55. The van der Waals surface area contributed by atoms with E-state index in [1.807, 2.05) is 39.0 Å². The maximum atomic E-state index is 14.6. The Hall–Kier alpha value is -3.38. The van der Waals surface area contributed by atoms with Crippen LogP contribution in [0.3, 0.4) is 0 Å². The number of amides is 4. The van der Waals surface area contributed by atoms with Gasteiger partial charge >= 0.3 is 6.09 Å². The van der Waals surface area contributed by atoms with Crippen molar-refractivity contribution in [3.8, 4) is 5.75 Å². The Morgan fingerprint density at radius 2 is 1.79 bits per heavy atom. The molecule has 1 aromatic carbocycles. The number of carbonyl (C=O) groups is 4. The topological polar surface area (TPSA) is 127 Å². The minimum absolute atomic E-state index is 0.0174. The normalized spacial score (nSPS) is 22.9. The molecule has 2 aliphatic carbocycles. The molecular formula is C36H54N4O8. The zero-order valence-electron chi connectivity index (χ0n) is 29.9. The molecule has 12 nitrogen and oxygen atoms in total. The Morgan fingerprint density at radius 3 is 2.40 bits per heavy atom. The molecule has 0 radical (unpaired) electrons. The smallest absolute Gasteiger partial charge is 0.410 e. The number of hydrogen-bond donors (Lipinski definition) is 1. The Bertz CT molecular complexity index is 1380. The largest absolute Gasteiger partial charge is 0.476 e. The van der Waals surface area contributed by atoms with Crippen LogP contribution in [0.5, 0.6) is 5.75 Å². The summed E-state index contributed by atoms with van der Waals surface area (Å²) in [5, 5.41) is 3.20. The zero-order chi connectivity index (χ0) is 35.0. The number of rotatable bonds is 12. The molecule has 12 heteroatoms. The zero-order valence-corrected chi connectivity index (χ0v) is 29.9. The van der Waals surface area contributed by atoms with Crippen molar-refractivity contribution >= 4 is 35.2 Å². The van der Waals surface area contributed by atoms with Crippen molar-refractivity contribution in [1.82, 2.24) is 10.2 Å². The van der Waals surface area contributed by atoms with Crippen molar-refractivity contribution in [2.45, 2.75) is 116 Å². The monoisotopic (exact) mass is 670 g/mol. The van der Waals surface area contributed by atoms with Crippen LogP contribution in [0.15, 0.2) is 18.2 Å². The van der Waals surface area contributed by atoms with Gasteiger partial charge in [0.15, 0.2) is 5.60 Å². The van der Waals surface area contributed by atoms with E-state index in [1.54, 1.807) is 44.4 Å². The number of anilines is 2. The maximum Gasteiger partial charge on any atom is 0.410 e. The summed E-state index contributed by atoms with van der Waals surface area (Å²) in [6, 6.07) is 5.49. The molecule has 2 heterocycles. The molecule has 4 aliphatic rings. The van der Waals surface area contributed by atoms with Crippen LogP contribution in [0.2, 0.25) is 0 Å². The molecule has 1 saturated heterocycles. The lowest BCUT2D eigenvalue weighted by atomic mass is 9.87. The first-order chi connectivity index (χ1) is 22.5. The fraction of sp³-hybridized carbons (Fsp3) is 0.722. The van der Waals surface area contributed by atoms with E-state index in [2.05, 4.69) is 5.32 Å². The van der Waals surface area contributed by atoms with E-state index in [1.165, 1.54) is 4.90 Å². The van der Waals surface area contributed by atoms with Crippen molar-refractivity contribution in [2.75, 3.05) is 49.3 Å². The van der Waals surface area contributed by atoms with Crippen LogP contribution in [-0.4, -0.2) is 97.1 Å². The van der Waals surface area contributed by atoms with Gasteiger partial charge in [0.25, 0.3) is 5.91 Å². The third-order valence-electron chi connectivity index (χ3n) is 9.21. The first-order valence-corrected chi connectivity index (χ1v) is 17.5. The second kappa shape index (κ2) is 13.9. The molecule has 0 aromatic heterocycles. The molecule has 2 atom stereocenters. The third-order valence-corrected chi connectivity index (χ3v) is 9.21. The van der Waals surface area contributed by atoms with E-state index < -0.39 is 34.7 Å². The van der Waals surface area contributed by atoms with E-state index in [9.17, 15) is 19.2 Å². The van der Waals surface area contributed by atoms with Gasteiger partial charge in [-0.3, -0.25) is 14.4 Å². The average molecular weight is 671 g/mol. The van der Waals surface area contributed by atoms with Crippen LogP contribution in [0, 0.1) is 11.8 Å². The van der Waals surface area contributed by atoms with Gasteiger partial charge in [-0.1, -0.05) is 0 Å². The predicted molar refractivity (Wildman–Crippen MR) is 181 cm³/mol. The molecule has 0 bridgehead atoms. The summed E-state index contributed by atoms with van der Waals surface area (Å²) in [5.74, 6) is -1.19. The van der Waals surface area contributed by atoms with E-state index in [0.29, 0.717) is 49.9 Å². The van der Waals surface area contributed by atoms with Gasteiger partial charge in [-0.25, -0.2) is 4.79 Å². The van der Waals surface area contributed by atoms with Crippen molar-refractivity contribution < 1.29 is 38.1 Å². The quantitative estimate of drug-likeness (QED) is 0.318. The minimum atomic E-state index is -1.05.